The minimum Gasteiger partial charge on any atom is -0.497 e. The van der Waals surface area contributed by atoms with Gasteiger partial charge in [0.2, 0.25) is 0 Å². The number of aliphatic imine (C=N–C) groups is 1. The molecule has 156 valence electrons. The third-order valence-electron chi connectivity index (χ3n) is 4.79. The van der Waals surface area contributed by atoms with Crippen molar-refractivity contribution in [3.63, 3.8) is 0 Å². The van der Waals surface area contributed by atoms with Crippen molar-refractivity contribution in [3.8, 4) is 11.5 Å². The summed E-state index contributed by atoms with van der Waals surface area (Å²) in [6.45, 7) is 2.46. The van der Waals surface area contributed by atoms with E-state index in [9.17, 15) is 9.18 Å². The number of amidine groups is 1. The van der Waals surface area contributed by atoms with Crippen molar-refractivity contribution < 1.29 is 18.7 Å². The van der Waals surface area contributed by atoms with Gasteiger partial charge in [-0.05, 0) is 79.2 Å². The molecule has 0 fully saturated rings. The van der Waals surface area contributed by atoms with E-state index in [2.05, 4.69) is 4.99 Å². The fourth-order valence-electron chi connectivity index (χ4n) is 3.26. The first-order valence-electron chi connectivity index (χ1n) is 9.86. The Labute approximate surface area is 180 Å². The lowest BCUT2D eigenvalue weighted by Gasteiger charge is -2.19. The van der Waals surface area contributed by atoms with Crippen LogP contribution in [-0.4, -0.2) is 25.5 Å². The van der Waals surface area contributed by atoms with Crippen LogP contribution in [0.15, 0.2) is 83.5 Å². The van der Waals surface area contributed by atoms with Crippen LogP contribution in [0.4, 0.5) is 10.1 Å². The minimum atomic E-state index is -0.352. The maximum atomic E-state index is 13.5. The number of carbonyl (C=O) groups is 1. The molecule has 1 amide bonds. The number of hydrogen-bond acceptors (Lipinski definition) is 4. The molecular weight excluding hydrogens is 395 g/mol. The highest BCUT2D eigenvalue weighted by atomic mass is 19.1. The Kier molecular flexibility index (Phi) is 5.80. The van der Waals surface area contributed by atoms with Gasteiger partial charge in [0.1, 0.15) is 28.8 Å². The molecule has 0 spiro atoms. The second kappa shape index (κ2) is 8.83. The van der Waals surface area contributed by atoms with Crippen LogP contribution < -0.4 is 14.4 Å². The normalized spacial score (nSPS) is 14.7. The molecular formula is C25H21FN2O3. The van der Waals surface area contributed by atoms with Crippen LogP contribution in [-0.2, 0) is 4.79 Å². The molecule has 31 heavy (non-hydrogen) atoms. The Bertz CT molecular complexity index is 1130. The summed E-state index contributed by atoms with van der Waals surface area (Å²) in [5, 5.41) is 0. The molecule has 0 aliphatic carbocycles. The summed E-state index contributed by atoms with van der Waals surface area (Å²) >= 11 is 0. The summed E-state index contributed by atoms with van der Waals surface area (Å²) in [6.07, 6.45) is 1.72. The van der Waals surface area contributed by atoms with E-state index in [1.807, 2.05) is 31.2 Å². The molecule has 6 heteroatoms. The van der Waals surface area contributed by atoms with Crippen molar-refractivity contribution in [2.75, 3.05) is 18.6 Å². The van der Waals surface area contributed by atoms with E-state index in [0.717, 1.165) is 11.3 Å². The van der Waals surface area contributed by atoms with Crippen molar-refractivity contribution in [2.24, 2.45) is 4.99 Å². The number of hydrogen-bond donors (Lipinski definition) is 0. The molecule has 4 rings (SSSR count). The zero-order valence-electron chi connectivity index (χ0n) is 17.2. The Balaban J connectivity index is 1.75. The summed E-state index contributed by atoms with van der Waals surface area (Å²) in [5.74, 6) is 1.27. The van der Waals surface area contributed by atoms with Gasteiger partial charge in [-0.2, -0.15) is 0 Å². The zero-order valence-corrected chi connectivity index (χ0v) is 17.2. The molecule has 0 unspecified atom stereocenters. The number of ether oxygens (including phenoxy) is 2. The molecule has 1 heterocycles. The van der Waals surface area contributed by atoms with Crippen LogP contribution in [0.2, 0.25) is 0 Å². The van der Waals surface area contributed by atoms with Crippen LogP contribution in [0, 0.1) is 5.82 Å². The number of benzene rings is 3. The first-order valence-corrected chi connectivity index (χ1v) is 9.86. The first-order chi connectivity index (χ1) is 15.1. The molecule has 0 saturated heterocycles. The van der Waals surface area contributed by atoms with E-state index in [4.69, 9.17) is 9.47 Å². The van der Waals surface area contributed by atoms with Crippen LogP contribution in [0.3, 0.4) is 0 Å². The van der Waals surface area contributed by atoms with Crippen LogP contribution >= 0.6 is 0 Å². The van der Waals surface area contributed by atoms with Crippen LogP contribution in [0.5, 0.6) is 11.5 Å². The third kappa shape index (κ3) is 4.33. The van der Waals surface area contributed by atoms with Crippen LogP contribution in [0.25, 0.3) is 6.08 Å². The molecule has 5 nitrogen and oxygen atoms in total. The van der Waals surface area contributed by atoms with Gasteiger partial charge >= 0.3 is 0 Å². The van der Waals surface area contributed by atoms with Gasteiger partial charge in [-0.15, -0.1) is 0 Å². The van der Waals surface area contributed by atoms with Gasteiger partial charge in [-0.1, -0.05) is 12.1 Å². The molecule has 3 aromatic rings. The van der Waals surface area contributed by atoms with Gasteiger partial charge in [0.05, 0.1) is 19.4 Å². The molecule has 0 radical (unpaired) electrons. The van der Waals surface area contributed by atoms with E-state index in [1.165, 1.54) is 17.0 Å². The minimum absolute atomic E-state index is 0.265. The largest absolute Gasteiger partial charge is 0.497 e. The molecule has 1 aliphatic rings. The SMILES string of the molecule is CCOc1ccc(N2C(=O)/C(=C\c3ccc(OC)cc3)N=C2c2ccc(F)cc2)cc1. The van der Waals surface area contributed by atoms with Gasteiger partial charge in [0, 0.05) is 5.56 Å². The highest BCUT2D eigenvalue weighted by molar-refractivity contribution is 6.33. The van der Waals surface area contributed by atoms with Crippen molar-refractivity contribution in [1.82, 2.24) is 0 Å². The summed E-state index contributed by atoms with van der Waals surface area (Å²) in [4.78, 5) is 19.4. The average Bonchev–Trinajstić information content (AvgIpc) is 3.11. The van der Waals surface area contributed by atoms with Crippen molar-refractivity contribution in [2.45, 2.75) is 6.92 Å². The lowest BCUT2D eigenvalue weighted by molar-refractivity contribution is -0.113. The van der Waals surface area contributed by atoms with Crippen molar-refractivity contribution in [3.05, 3.63) is 95.4 Å². The van der Waals surface area contributed by atoms with Crippen molar-refractivity contribution >= 4 is 23.5 Å². The summed E-state index contributed by atoms with van der Waals surface area (Å²) in [5.41, 5.74) is 2.40. The predicted octanol–water partition coefficient (Wildman–Crippen LogP) is 5.07. The zero-order chi connectivity index (χ0) is 21.8. The maximum absolute atomic E-state index is 13.5. The summed E-state index contributed by atoms with van der Waals surface area (Å²) in [7, 11) is 1.60. The summed E-state index contributed by atoms with van der Waals surface area (Å²) in [6, 6.07) is 20.5. The summed E-state index contributed by atoms with van der Waals surface area (Å²) < 4.78 is 24.1. The second-order valence-corrected chi connectivity index (χ2v) is 6.81. The Morgan fingerprint density at radius 3 is 2.19 bits per heavy atom. The van der Waals surface area contributed by atoms with Gasteiger partial charge in [0.15, 0.2) is 0 Å². The number of methoxy groups -OCH3 is 1. The monoisotopic (exact) mass is 416 g/mol. The number of amides is 1. The number of carbonyl (C=O) groups excluding carboxylic acids is 1. The molecule has 0 aromatic heterocycles. The molecule has 0 saturated carbocycles. The quantitative estimate of drug-likeness (QED) is 0.528. The van der Waals surface area contributed by atoms with Crippen molar-refractivity contribution in [1.29, 1.82) is 0 Å². The lowest BCUT2D eigenvalue weighted by Crippen LogP contribution is -2.32. The fourth-order valence-corrected chi connectivity index (χ4v) is 3.26. The molecule has 1 aliphatic heterocycles. The van der Waals surface area contributed by atoms with E-state index >= 15 is 0 Å². The van der Waals surface area contributed by atoms with Gasteiger partial charge in [-0.3, -0.25) is 9.69 Å². The van der Waals surface area contributed by atoms with E-state index < -0.39 is 0 Å². The molecule has 0 N–H and O–H groups in total. The first kappa shape index (κ1) is 20.3. The lowest BCUT2D eigenvalue weighted by atomic mass is 10.1. The molecule has 0 atom stereocenters. The van der Waals surface area contributed by atoms with E-state index in [-0.39, 0.29) is 11.7 Å². The third-order valence-corrected chi connectivity index (χ3v) is 4.79. The van der Waals surface area contributed by atoms with E-state index in [0.29, 0.717) is 35.1 Å². The maximum Gasteiger partial charge on any atom is 0.282 e. The number of halogens is 1. The number of rotatable bonds is 6. The molecule has 0 bridgehead atoms. The predicted molar refractivity (Wildman–Crippen MR) is 119 cm³/mol. The smallest absolute Gasteiger partial charge is 0.282 e. The number of nitrogens with zero attached hydrogens (tertiary/aromatic N) is 2. The number of anilines is 1. The molecule has 3 aromatic carbocycles. The van der Waals surface area contributed by atoms with E-state index in [1.54, 1.807) is 49.6 Å². The Morgan fingerprint density at radius 2 is 1.58 bits per heavy atom. The Hall–Kier alpha value is -3.93. The average molecular weight is 416 g/mol. The van der Waals surface area contributed by atoms with Gasteiger partial charge < -0.3 is 9.47 Å². The topological polar surface area (TPSA) is 51.1 Å². The highest BCUT2D eigenvalue weighted by Crippen LogP contribution is 2.29. The Morgan fingerprint density at radius 1 is 0.935 bits per heavy atom. The standard InChI is InChI=1S/C25H21FN2O3/c1-3-31-22-14-10-20(11-15-22)28-24(18-6-8-19(26)9-7-18)27-23(25(28)29)16-17-4-12-21(30-2)13-5-17/h4-16H,3H2,1-2H3/b23-16+. The highest BCUT2D eigenvalue weighted by Gasteiger charge is 2.32. The second-order valence-electron chi connectivity index (χ2n) is 6.81. The van der Waals surface area contributed by atoms with Gasteiger partial charge in [-0.25, -0.2) is 9.38 Å². The fraction of sp³-hybridized carbons (Fsp3) is 0.120. The van der Waals surface area contributed by atoms with Crippen LogP contribution in [0.1, 0.15) is 18.1 Å². The van der Waals surface area contributed by atoms with Gasteiger partial charge in [0.25, 0.3) is 5.91 Å².